The van der Waals surface area contributed by atoms with Crippen LogP contribution in [0, 0.1) is 5.92 Å². The number of hydrogen-bond donors (Lipinski definition) is 1. The van der Waals surface area contributed by atoms with E-state index >= 15 is 0 Å². The first-order chi connectivity index (χ1) is 6.67. The maximum atomic E-state index is 5.67. The zero-order valence-electron chi connectivity index (χ0n) is 9.04. The number of nitrogens with zero attached hydrogens (tertiary/aromatic N) is 1. The van der Waals surface area contributed by atoms with Crippen LogP contribution in [-0.4, -0.2) is 12.1 Å². The van der Waals surface area contributed by atoms with Crippen molar-refractivity contribution in [2.45, 2.75) is 33.4 Å². The van der Waals surface area contributed by atoms with Crippen molar-refractivity contribution >= 4 is 11.3 Å². The summed E-state index contributed by atoms with van der Waals surface area (Å²) in [5, 5.41) is 1.03. The molecule has 0 saturated carbocycles. The fourth-order valence-corrected chi connectivity index (χ4v) is 2.27. The molecule has 0 amide bonds. The van der Waals surface area contributed by atoms with Crippen LogP contribution in [0.4, 0.5) is 0 Å². The molecule has 0 aromatic carbocycles. The third kappa shape index (κ3) is 3.04. The van der Waals surface area contributed by atoms with E-state index in [0.717, 1.165) is 17.1 Å². The number of methoxy groups -OCH3 is 1. The monoisotopic (exact) mass is 214 g/mol. The van der Waals surface area contributed by atoms with Crippen molar-refractivity contribution in [3.05, 3.63) is 15.6 Å². The van der Waals surface area contributed by atoms with Gasteiger partial charge in [0.05, 0.1) is 12.3 Å². The van der Waals surface area contributed by atoms with Gasteiger partial charge in [-0.05, 0) is 12.3 Å². The van der Waals surface area contributed by atoms with Crippen LogP contribution >= 0.6 is 11.3 Å². The Morgan fingerprint density at radius 3 is 2.71 bits per heavy atom. The number of thiazole rings is 1. The minimum Gasteiger partial charge on any atom is -0.378 e. The summed E-state index contributed by atoms with van der Waals surface area (Å²) in [6, 6.07) is 0. The SMILES string of the molecule is COCc1nc(CC(C)C)c(CN)s1. The maximum absolute atomic E-state index is 5.67. The lowest BCUT2D eigenvalue weighted by Crippen LogP contribution is -2.02. The van der Waals surface area contributed by atoms with E-state index in [1.54, 1.807) is 18.4 Å². The Labute approximate surface area is 89.3 Å². The molecule has 0 aliphatic carbocycles. The Morgan fingerprint density at radius 2 is 2.21 bits per heavy atom. The molecular formula is C10H18N2OS. The molecule has 0 bridgehead atoms. The average molecular weight is 214 g/mol. The smallest absolute Gasteiger partial charge is 0.119 e. The van der Waals surface area contributed by atoms with Crippen molar-refractivity contribution in [1.29, 1.82) is 0 Å². The molecule has 0 atom stereocenters. The van der Waals surface area contributed by atoms with Crippen LogP contribution in [0.15, 0.2) is 0 Å². The molecule has 1 aromatic heterocycles. The van der Waals surface area contributed by atoms with Crippen LogP contribution in [0.25, 0.3) is 0 Å². The van der Waals surface area contributed by atoms with Crippen LogP contribution in [0.5, 0.6) is 0 Å². The molecule has 0 unspecified atom stereocenters. The van der Waals surface area contributed by atoms with Crippen LogP contribution < -0.4 is 5.73 Å². The zero-order chi connectivity index (χ0) is 10.6. The van der Waals surface area contributed by atoms with Crippen LogP contribution in [0.1, 0.15) is 29.4 Å². The number of hydrogen-bond acceptors (Lipinski definition) is 4. The normalized spacial score (nSPS) is 11.2. The first kappa shape index (κ1) is 11.6. The van der Waals surface area contributed by atoms with Crippen molar-refractivity contribution in [2.75, 3.05) is 7.11 Å². The topological polar surface area (TPSA) is 48.1 Å². The molecular weight excluding hydrogens is 196 g/mol. The zero-order valence-corrected chi connectivity index (χ0v) is 9.86. The molecule has 1 aromatic rings. The van der Waals surface area contributed by atoms with Crippen molar-refractivity contribution < 1.29 is 4.74 Å². The molecule has 0 fully saturated rings. The largest absolute Gasteiger partial charge is 0.378 e. The molecule has 0 saturated heterocycles. The van der Waals surface area contributed by atoms with Crippen LogP contribution in [0.2, 0.25) is 0 Å². The molecule has 0 aliphatic heterocycles. The van der Waals surface area contributed by atoms with E-state index in [2.05, 4.69) is 18.8 Å². The molecule has 4 heteroatoms. The highest BCUT2D eigenvalue weighted by Gasteiger charge is 2.10. The first-order valence-electron chi connectivity index (χ1n) is 4.83. The summed E-state index contributed by atoms with van der Waals surface area (Å²) >= 11 is 1.66. The van der Waals surface area contributed by atoms with E-state index in [1.807, 2.05) is 0 Å². The lowest BCUT2D eigenvalue weighted by Gasteiger charge is -2.02. The molecule has 80 valence electrons. The van der Waals surface area contributed by atoms with Gasteiger partial charge in [-0.3, -0.25) is 0 Å². The third-order valence-corrected chi connectivity index (χ3v) is 2.97. The molecule has 0 aliphatic rings. The summed E-state index contributed by atoms with van der Waals surface area (Å²) in [6.07, 6.45) is 1.01. The second kappa shape index (κ2) is 5.44. The van der Waals surface area contributed by atoms with E-state index in [0.29, 0.717) is 19.1 Å². The molecule has 0 radical (unpaired) electrons. The predicted molar refractivity (Wildman–Crippen MR) is 59.3 cm³/mol. The molecule has 1 rings (SSSR count). The van der Waals surface area contributed by atoms with Gasteiger partial charge in [0.2, 0.25) is 0 Å². The second-order valence-electron chi connectivity index (χ2n) is 3.71. The van der Waals surface area contributed by atoms with Gasteiger partial charge in [0, 0.05) is 18.5 Å². The summed E-state index contributed by atoms with van der Waals surface area (Å²) in [5.41, 5.74) is 6.82. The molecule has 1 heterocycles. The Bertz CT molecular complexity index is 284. The highest BCUT2D eigenvalue weighted by atomic mass is 32.1. The summed E-state index contributed by atoms with van der Waals surface area (Å²) < 4.78 is 5.05. The quantitative estimate of drug-likeness (QED) is 0.815. The summed E-state index contributed by atoms with van der Waals surface area (Å²) in [6.45, 7) is 5.56. The second-order valence-corrected chi connectivity index (χ2v) is 4.88. The maximum Gasteiger partial charge on any atom is 0.119 e. The third-order valence-electron chi connectivity index (χ3n) is 1.88. The highest BCUT2D eigenvalue weighted by molar-refractivity contribution is 7.11. The molecule has 3 nitrogen and oxygen atoms in total. The van der Waals surface area contributed by atoms with Gasteiger partial charge >= 0.3 is 0 Å². The fourth-order valence-electron chi connectivity index (χ4n) is 1.33. The first-order valence-corrected chi connectivity index (χ1v) is 5.65. The van der Waals surface area contributed by atoms with E-state index in [1.165, 1.54) is 4.88 Å². The Kier molecular flexibility index (Phi) is 4.51. The minimum atomic E-state index is 0.587. The average Bonchev–Trinajstić information content (AvgIpc) is 2.47. The molecule has 14 heavy (non-hydrogen) atoms. The van der Waals surface area contributed by atoms with Gasteiger partial charge in [-0.2, -0.15) is 0 Å². The molecule has 0 spiro atoms. The van der Waals surface area contributed by atoms with Gasteiger partial charge < -0.3 is 10.5 Å². The van der Waals surface area contributed by atoms with E-state index in [-0.39, 0.29) is 0 Å². The Hall–Kier alpha value is -0.450. The van der Waals surface area contributed by atoms with Gasteiger partial charge in [-0.15, -0.1) is 11.3 Å². The van der Waals surface area contributed by atoms with Crippen molar-refractivity contribution in [3.8, 4) is 0 Å². The van der Waals surface area contributed by atoms with Crippen LogP contribution in [-0.2, 0) is 24.3 Å². The Morgan fingerprint density at radius 1 is 1.50 bits per heavy atom. The van der Waals surface area contributed by atoms with Gasteiger partial charge in [0.25, 0.3) is 0 Å². The summed E-state index contributed by atoms with van der Waals surface area (Å²) in [7, 11) is 1.69. The van der Waals surface area contributed by atoms with Crippen molar-refractivity contribution in [3.63, 3.8) is 0 Å². The van der Waals surface area contributed by atoms with E-state index in [4.69, 9.17) is 10.5 Å². The standard InChI is InChI=1S/C10H18N2OS/c1-7(2)4-8-9(5-11)14-10(12-8)6-13-3/h7H,4-6,11H2,1-3H3. The highest BCUT2D eigenvalue weighted by Crippen LogP contribution is 2.21. The number of rotatable bonds is 5. The minimum absolute atomic E-state index is 0.587. The van der Waals surface area contributed by atoms with Gasteiger partial charge in [-0.25, -0.2) is 4.98 Å². The summed E-state index contributed by atoms with van der Waals surface area (Å²) in [4.78, 5) is 5.72. The van der Waals surface area contributed by atoms with E-state index in [9.17, 15) is 0 Å². The summed E-state index contributed by atoms with van der Waals surface area (Å²) in [5.74, 6) is 0.623. The van der Waals surface area contributed by atoms with E-state index < -0.39 is 0 Å². The number of aromatic nitrogens is 1. The predicted octanol–water partition coefficient (Wildman–Crippen LogP) is 1.95. The molecule has 2 N–H and O–H groups in total. The van der Waals surface area contributed by atoms with Crippen molar-refractivity contribution in [2.24, 2.45) is 11.7 Å². The van der Waals surface area contributed by atoms with Crippen molar-refractivity contribution in [1.82, 2.24) is 4.98 Å². The number of nitrogens with two attached hydrogens (primary N) is 1. The van der Waals surface area contributed by atoms with Gasteiger partial charge in [0.1, 0.15) is 5.01 Å². The van der Waals surface area contributed by atoms with Crippen LogP contribution in [0.3, 0.4) is 0 Å². The number of ether oxygens (including phenoxy) is 1. The van der Waals surface area contributed by atoms with Gasteiger partial charge in [0.15, 0.2) is 0 Å². The Balaban J connectivity index is 2.79. The fraction of sp³-hybridized carbons (Fsp3) is 0.700. The lowest BCUT2D eigenvalue weighted by molar-refractivity contribution is 0.184. The lowest BCUT2D eigenvalue weighted by atomic mass is 10.1. The van der Waals surface area contributed by atoms with Gasteiger partial charge in [-0.1, -0.05) is 13.8 Å².